The minimum atomic E-state index is -0.600. The van der Waals surface area contributed by atoms with E-state index in [9.17, 15) is 9.50 Å². The van der Waals surface area contributed by atoms with Gasteiger partial charge in [-0.25, -0.2) is 4.39 Å². The lowest BCUT2D eigenvalue weighted by molar-refractivity contribution is 0.107. The highest BCUT2D eigenvalue weighted by molar-refractivity contribution is 5.22. The molecule has 1 atom stereocenters. The lowest BCUT2D eigenvalue weighted by atomic mass is 10.3. The molecule has 16 heavy (non-hydrogen) atoms. The monoisotopic (exact) mass is 228 g/mol. The molecule has 0 spiro atoms. The van der Waals surface area contributed by atoms with Crippen LogP contribution >= 0.6 is 0 Å². The van der Waals surface area contributed by atoms with Crippen molar-refractivity contribution < 1.29 is 14.2 Å². The van der Waals surface area contributed by atoms with Crippen LogP contribution in [0.5, 0.6) is 5.75 Å². The van der Waals surface area contributed by atoms with Gasteiger partial charge in [-0.05, 0) is 24.3 Å². The van der Waals surface area contributed by atoms with E-state index in [1.807, 2.05) is 0 Å². The molecule has 4 nitrogen and oxygen atoms in total. The topological polar surface area (TPSA) is 67.5 Å². The van der Waals surface area contributed by atoms with Gasteiger partial charge in [-0.2, -0.15) is 0 Å². The predicted octanol–water partition coefficient (Wildman–Crippen LogP) is 0.114. The lowest BCUT2D eigenvalue weighted by Gasteiger charge is -2.12. The normalized spacial score (nSPS) is 12.4. The van der Waals surface area contributed by atoms with Crippen LogP contribution in [0.15, 0.2) is 24.3 Å². The summed E-state index contributed by atoms with van der Waals surface area (Å²) in [5.74, 6) is 0.233. The van der Waals surface area contributed by atoms with Gasteiger partial charge in [0.15, 0.2) is 0 Å². The summed E-state index contributed by atoms with van der Waals surface area (Å²) in [5, 5.41) is 12.5. The van der Waals surface area contributed by atoms with Crippen molar-refractivity contribution in [2.45, 2.75) is 6.10 Å². The number of halogens is 1. The quantitative estimate of drug-likeness (QED) is 0.580. The molecule has 1 rings (SSSR count). The van der Waals surface area contributed by atoms with Gasteiger partial charge < -0.3 is 20.9 Å². The largest absolute Gasteiger partial charge is 0.491 e. The molecule has 1 unspecified atom stereocenters. The highest BCUT2D eigenvalue weighted by Crippen LogP contribution is 2.10. The Labute approximate surface area is 94.2 Å². The molecular formula is C11H17FN2O2. The maximum absolute atomic E-state index is 12.6. The second-order valence-corrected chi connectivity index (χ2v) is 3.41. The molecule has 90 valence electrons. The zero-order valence-corrected chi connectivity index (χ0v) is 9.03. The number of benzene rings is 1. The molecule has 0 heterocycles. The second kappa shape index (κ2) is 7.16. The number of rotatable bonds is 7. The van der Waals surface area contributed by atoms with Crippen LogP contribution in [-0.2, 0) is 0 Å². The third kappa shape index (κ3) is 5.06. The van der Waals surface area contributed by atoms with Gasteiger partial charge in [0.05, 0.1) is 0 Å². The Morgan fingerprint density at radius 2 is 2.06 bits per heavy atom. The Kier molecular flexibility index (Phi) is 5.77. The van der Waals surface area contributed by atoms with E-state index in [2.05, 4.69) is 5.32 Å². The van der Waals surface area contributed by atoms with Gasteiger partial charge in [-0.1, -0.05) is 0 Å². The number of hydrogen-bond acceptors (Lipinski definition) is 4. The molecular weight excluding hydrogens is 211 g/mol. The fourth-order valence-electron chi connectivity index (χ4n) is 1.15. The van der Waals surface area contributed by atoms with Crippen molar-refractivity contribution >= 4 is 0 Å². The molecule has 0 saturated heterocycles. The van der Waals surface area contributed by atoms with Crippen molar-refractivity contribution in [3.05, 3.63) is 30.1 Å². The van der Waals surface area contributed by atoms with Crippen LogP contribution in [-0.4, -0.2) is 37.5 Å². The zero-order chi connectivity index (χ0) is 11.8. The van der Waals surface area contributed by atoms with Crippen LogP contribution in [0.25, 0.3) is 0 Å². The lowest BCUT2D eigenvalue weighted by Crippen LogP contribution is -2.34. The highest BCUT2D eigenvalue weighted by Gasteiger charge is 2.04. The Morgan fingerprint density at radius 1 is 1.38 bits per heavy atom. The summed E-state index contributed by atoms with van der Waals surface area (Å²) in [6, 6.07) is 5.67. The molecule has 0 aliphatic rings. The number of aliphatic hydroxyl groups excluding tert-OH is 1. The summed E-state index contributed by atoms with van der Waals surface area (Å²) in [5.41, 5.74) is 5.28. The summed E-state index contributed by atoms with van der Waals surface area (Å²) >= 11 is 0. The molecule has 0 fully saturated rings. The van der Waals surface area contributed by atoms with Gasteiger partial charge >= 0.3 is 0 Å². The van der Waals surface area contributed by atoms with E-state index in [1.165, 1.54) is 24.3 Å². The zero-order valence-electron chi connectivity index (χ0n) is 9.03. The van der Waals surface area contributed by atoms with E-state index < -0.39 is 6.10 Å². The van der Waals surface area contributed by atoms with Crippen molar-refractivity contribution in [1.29, 1.82) is 0 Å². The summed E-state index contributed by atoms with van der Waals surface area (Å²) in [4.78, 5) is 0. The van der Waals surface area contributed by atoms with E-state index in [1.54, 1.807) is 0 Å². The predicted molar refractivity (Wildman–Crippen MR) is 59.8 cm³/mol. The van der Waals surface area contributed by atoms with E-state index in [0.717, 1.165) is 0 Å². The molecule has 0 aliphatic carbocycles. The van der Waals surface area contributed by atoms with Crippen molar-refractivity contribution in [3.63, 3.8) is 0 Å². The maximum Gasteiger partial charge on any atom is 0.123 e. The Morgan fingerprint density at radius 3 is 2.69 bits per heavy atom. The number of aliphatic hydroxyl groups is 1. The fraction of sp³-hybridized carbons (Fsp3) is 0.455. The standard InChI is InChI=1S/C11H17FN2O2/c12-9-1-3-11(4-2-9)16-8-10(15)7-14-6-5-13/h1-4,10,14-15H,5-8,13H2. The molecule has 1 aromatic rings. The SMILES string of the molecule is NCCNCC(O)COc1ccc(F)cc1. The Bertz CT molecular complexity index is 293. The number of nitrogens with one attached hydrogen (secondary N) is 1. The van der Waals surface area contributed by atoms with Crippen LogP contribution in [0.1, 0.15) is 0 Å². The molecule has 1 aromatic carbocycles. The first kappa shape index (κ1) is 12.9. The van der Waals surface area contributed by atoms with Crippen LogP contribution < -0.4 is 15.8 Å². The number of hydrogen-bond donors (Lipinski definition) is 3. The molecule has 0 amide bonds. The maximum atomic E-state index is 12.6. The molecule has 0 aliphatic heterocycles. The van der Waals surface area contributed by atoms with Crippen LogP contribution in [0, 0.1) is 5.82 Å². The Hall–Kier alpha value is -1.17. The summed E-state index contributed by atoms with van der Waals surface area (Å²) < 4.78 is 17.8. The number of ether oxygens (including phenoxy) is 1. The van der Waals surface area contributed by atoms with Crippen LogP contribution in [0.3, 0.4) is 0 Å². The van der Waals surface area contributed by atoms with Gasteiger partial charge in [-0.15, -0.1) is 0 Å². The van der Waals surface area contributed by atoms with Gasteiger partial charge in [-0.3, -0.25) is 0 Å². The first-order valence-electron chi connectivity index (χ1n) is 5.19. The van der Waals surface area contributed by atoms with Crippen molar-refractivity contribution in [2.75, 3.05) is 26.2 Å². The minimum absolute atomic E-state index is 0.170. The van der Waals surface area contributed by atoms with E-state index in [4.69, 9.17) is 10.5 Å². The minimum Gasteiger partial charge on any atom is -0.491 e. The molecule has 5 heteroatoms. The van der Waals surface area contributed by atoms with Crippen LogP contribution in [0.2, 0.25) is 0 Å². The average Bonchev–Trinajstić information content (AvgIpc) is 2.29. The van der Waals surface area contributed by atoms with E-state index in [-0.39, 0.29) is 12.4 Å². The van der Waals surface area contributed by atoms with E-state index >= 15 is 0 Å². The highest BCUT2D eigenvalue weighted by atomic mass is 19.1. The molecule has 0 aromatic heterocycles. The fourth-order valence-corrected chi connectivity index (χ4v) is 1.15. The first-order valence-corrected chi connectivity index (χ1v) is 5.19. The van der Waals surface area contributed by atoms with E-state index in [0.29, 0.717) is 25.4 Å². The molecule has 0 radical (unpaired) electrons. The number of nitrogens with two attached hydrogens (primary N) is 1. The molecule has 4 N–H and O–H groups in total. The van der Waals surface area contributed by atoms with Gasteiger partial charge in [0, 0.05) is 19.6 Å². The average molecular weight is 228 g/mol. The smallest absolute Gasteiger partial charge is 0.123 e. The third-order valence-corrected chi connectivity index (χ3v) is 1.96. The molecule has 0 bridgehead atoms. The van der Waals surface area contributed by atoms with Gasteiger partial charge in [0.25, 0.3) is 0 Å². The first-order chi connectivity index (χ1) is 7.72. The summed E-state index contributed by atoms with van der Waals surface area (Å²) in [6.07, 6.45) is -0.600. The second-order valence-electron chi connectivity index (χ2n) is 3.41. The van der Waals surface area contributed by atoms with Crippen molar-refractivity contribution in [1.82, 2.24) is 5.32 Å². The van der Waals surface area contributed by atoms with Gasteiger partial charge in [0.2, 0.25) is 0 Å². The Balaban J connectivity index is 2.20. The summed E-state index contributed by atoms with van der Waals surface area (Å²) in [7, 11) is 0. The third-order valence-electron chi connectivity index (χ3n) is 1.96. The van der Waals surface area contributed by atoms with Crippen molar-refractivity contribution in [3.8, 4) is 5.75 Å². The van der Waals surface area contributed by atoms with Gasteiger partial charge in [0.1, 0.15) is 24.3 Å². The molecule has 0 saturated carbocycles. The summed E-state index contributed by atoms with van der Waals surface area (Å²) in [6.45, 7) is 1.79. The van der Waals surface area contributed by atoms with Crippen LogP contribution in [0.4, 0.5) is 4.39 Å². The van der Waals surface area contributed by atoms with Crippen molar-refractivity contribution in [2.24, 2.45) is 5.73 Å².